The lowest BCUT2D eigenvalue weighted by molar-refractivity contribution is 0.0761. The van der Waals surface area contributed by atoms with Crippen molar-refractivity contribution in [3.63, 3.8) is 0 Å². The molecule has 0 spiro atoms. The quantitative estimate of drug-likeness (QED) is 0.834. The smallest absolute Gasteiger partial charge is 0.257 e. The number of aryl methyl sites for hydroxylation is 1. The number of rotatable bonds is 3. The van der Waals surface area contributed by atoms with Crippen LogP contribution in [0, 0.1) is 6.92 Å². The van der Waals surface area contributed by atoms with Gasteiger partial charge in [-0.05, 0) is 25.5 Å². The van der Waals surface area contributed by atoms with Gasteiger partial charge in [0.15, 0.2) is 0 Å². The number of nitrogens with zero attached hydrogens (tertiary/aromatic N) is 2. The van der Waals surface area contributed by atoms with Gasteiger partial charge in [0, 0.05) is 26.2 Å². The Morgan fingerprint density at radius 2 is 1.91 bits per heavy atom. The summed E-state index contributed by atoms with van der Waals surface area (Å²) in [5, 5.41) is 0. The molecule has 122 valence electrons. The number of amides is 1. The zero-order valence-corrected chi connectivity index (χ0v) is 14.0. The van der Waals surface area contributed by atoms with Crippen LogP contribution < -0.4 is 4.74 Å². The molecule has 7 heteroatoms. The van der Waals surface area contributed by atoms with Gasteiger partial charge in [-0.2, -0.15) is 0 Å². The second-order valence-electron chi connectivity index (χ2n) is 5.51. The normalized spacial score (nSPS) is 17.1. The summed E-state index contributed by atoms with van der Waals surface area (Å²) in [6.07, 6.45) is 1.83. The largest absolute Gasteiger partial charge is 0.496 e. The highest BCUT2D eigenvalue weighted by atomic mass is 32.2. The third-order valence-corrected chi connectivity index (χ3v) is 5.10. The molecule has 6 nitrogen and oxygen atoms in total. The van der Waals surface area contributed by atoms with Crippen LogP contribution in [0.4, 0.5) is 0 Å². The first-order valence-corrected chi connectivity index (χ1v) is 9.07. The van der Waals surface area contributed by atoms with Crippen molar-refractivity contribution in [1.29, 1.82) is 0 Å². The van der Waals surface area contributed by atoms with Gasteiger partial charge in [0.2, 0.25) is 10.0 Å². The molecule has 0 bridgehead atoms. The van der Waals surface area contributed by atoms with Gasteiger partial charge in [-0.1, -0.05) is 11.6 Å². The Morgan fingerprint density at radius 3 is 2.55 bits per heavy atom. The number of ether oxygens (including phenoxy) is 1. The van der Waals surface area contributed by atoms with Crippen LogP contribution >= 0.6 is 0 Å². The molecule has 0 unspecified atom stereocenters. The average molecular weight is 326 g/mol. The Hall–Kier alpha value is -1.60. The molecular weight excluding hydrogens is 304 g/mol. The van der Waals surface area contributed by atoms with Crippen molar-refractivity contribution < 1.29 is 17.9 Å². The van der Waals surface area contributed by atoms with E-state index in [9.17, 15) is 13.2 Å². The minimum Gasteiger partial charge on any atom is -0.496 e. The number of carbonyl (C=O) groups is 1. The van der Waals surface area contributed by atoms with Crippen molar-refractivity contribution in [1.82, 2.24) is 9.21 Å². The van der Waals surface area contributed by atoms with Crippen LogP contribution in [0.25, 0.3) is 0 Å². The van der Waals surface area contributed by atoms with Crippen molar-refractivity contribution in [3.8, 4) is 5.75 Å². The lowest BCUT2D eigenvalue weighted by Crippen LogP contribution is -2.37. The first-order valence-electron chi connectivity index (χ1n) is 7.22. The zero-order chi connectivity index (χ0) is 16.3. The number of carbonyl (C=O) groups excluding carboxylic acids is 1. The lowest BCUT2D eigenvalue weighted by Gasteiger charge is -2.22. The van der Waals surface area contributed by atoms with Crippen LogP contribution in [0.3, 0.4) is 0 Å². The van der Waals surface area contributed by atoms with Crippen molar-refractivity contribution in [2.75, 3.05) is 39.5 Å². The molecule has 1 fully saturated rings. The van der Waals surface area contributed by atoms with Crippen LogP contribution in [-0.4, -0.2) is 63.1 Å². The van der Waals surface area contributed by atoms with E-state index >= 15 is 0 Å². The summed E-state index contributed by atoms with van der Waals surface area (Å²) in [7, 11) is -1.67. The van der Waals surface area contributed by atoms with Crippen molar-refractivity contribution >= 4 is 15.9 Å². The van der Waals surface area contributed by atoms with E-state index in [1.807, 2.05) is 13.0 Å². The second-order valence-corrected chi connectivity index (χ2v) is 7.49. The molecule has 0 N–H and O–H groups in total. The molecule has 1 aliphatic heterocycles. The summed E-state index contributed by atoms with van der Waals surface area (Å²) in [6, 6.07) is 5.48. The number of benzene rings is 1. The molecule has 0 saturated carbocycles. The molecule has 1 aromatic rings. The minimum absolute atomic E-state index is 0.115. The van der Waals surface area contributed by atoms with E-state index < -0.39 is 10.0 Å². The highest BCUT2D eigenvalue weighted by molar-refractivity contribution is 7.88. The number of sulfonamides is 1. The highest BCUT2D eigenvalue weighted by Crippen LogP contribution is 2.22. The molecule has 1 aromatic carbocycles. The molecule has 2 rings (SSSR count). The average Bonchev–Trinajstić information content (AvgIpc) is 2.72. The SMILES string of the molecule is COc1ccc(C)cc1C(=O)N1CCCN(S(C)(=O)=O)CC1. The third-order valence-electron chi connectivity index (χ3n) is 3.80. The molecular formula is C15H22N2O4S. The van der Waals surface area contributed by atoms with Gasteiger partial charge in [0.25, 0.3) is 5.91 Å². The second kappa shape index (κ2) is 6.66. The maximum absolute atomic E-state index is 12.7. The van der Waals surface area contributed by atoms with Gasteiger partial charge in [-0.15, -0.1) is 0 Å². The van der Waals surface area contributed by atoms with Gasteiger partial charge >= 0.3 is 0 Å². The van der Waals surface area contributed by atoms with Gasteiger partial charge in [-0.3, -0.25) is 4.79 Å². The Bertz CT molecular complexity index is 658. The van der Waals surface area contributed by atoms with Crippen LogP contribution in [0.2, 0.25) is 0 Å². The minimum atomic E-state index is -3.21. The van der Waals surface area contributed by atoms with E-state index in [2.05, 4.69) is 0 Å². The van der Waals surface area contributed by atoms with E-state index in [0.717, 1.165) is 5.56 Å². The monoisotopic (exact) mass is 326 g/mol. The van der Waals surface area contributed by atoms with E-state index in [4.69, 9.17) is 4.74 Å². The Balaban J connectivity index is 2.19. The van der Waals surface area contributed by atoms with Crippen LogP contribution in [0.1, 0.15) is 22.3 Å². The van der Waals surface area contributed by atoms with Crippen LogP contribution in [0.5, 0.6) is 5.75 Å². The number of hydrogen-bond acceptors (Lipinski definition) is 4. The predicted molar refractivity (Wildman–Crippen MR) is 84.7 cm³/mol. The number of hydrogen-bond donors (Lipinski definition) is 0. The van der Waals surface area contributed by atoms with Gasteiger partial charge in [0.1, 0.15) is 5.75 Å². The summed E-state index contributed by atoms with van der Waals surface area (Å²) >= 11 is 0. The zero-order valence-electron chi connectivity index (χ0n) is 13.2. The predicted octanol–water partition coefficient (Wildman–Crippen LogP) is 1.11. The van der Waals surface area contributed by atoms with E-state index in [-0.39, 0.29) is 5.91 Å². The lowest BCUT2D eigenvalue weighted by atomic mass is 10.1. The molecule has 22 heavy (non-hydrogen) atoms. The Labute approximate surface area is 131 Å². The summed E-state index contributed by atoms with van der Waals surface area (Å²) in [4.78, 5) is 14.4. The fraction of sp³-hybridized carbons (Fsp3) is 0.533. The molecule has 0 aliphatic carbocycles. The van der Waals surface area contributed by atoms with Crippen LogP contribution in [0.15, 0.2) is 18.2 Å². The number of methoxy groups -OCH3 is 1. The molecule has 0 atom stereocenters. The molecule has 1 saturated heterocycles. The van der Waals surface area contributed by atoms with Crippen LogP contribution in [-0.2, 0) is 10.0 Å². The maximum atomic E-state index is 12.7. The molecule has 1 amide bonds. The Kier molecular flexibility index (Phi) is 5.08. The summed E-state index contributed by atoms with van der Waals surface area (Å²) in [6.45, 7) is 3.64. The molecule has 0 radical (unpaired) electrons. The topological polar surface area (TPSA) is 66.9 Å². The van der Waals surface area contributed by atoms with Crippen molar-refractivity contribution in [3.05, 3.63) is 29.3 Å². The highest BCUT2D eigenvalue weighted by Gasteiger charge is 2.25. The van der Waals surface area contributed by atoms with E-state index in [0.29, 0.717) is 43.9 Å². The van der Waals surface area contributed by atoms with E-state index in [1.165, 1.54) is 17.7 Å². The van der Waals surface area contributed by atoms with Gasteiger partial charge in [0.05, 0.1) is 18.9 Å². The molecule has 1 heterocycles. The first kappa shape index (κ1) is 16.8. The summed E-state index contributed by atoms with van der Waals surface area (Å²) in [5.74, 6) is 0.427. The van der Waals surface area contributed by atoms with Gasteiger partial charge < -0.3 is 9.64 Å². The summed E-state index contributed by atoms with van der Waals surface area (Å²) in [5.41, 5.74) is 1.51. The summed E-state index contributed by atoms with van der Waals surface area (Å²) < 4.78 is 30.0. The fourth-order valence-electron chi connectivity index (χ4n) is 2.59. The molecule has 0 aromatic heterocycles. The maximum Gasteiger partial charge on any atom is 0.257 e. The van der Waals surface area contributed by atoms with Gasteiger partial charge in [-0.25, -0.2) is 12.7 Å². The fourth-order valence-corrected chi connectivity index (χ4v) is 3.46. The van der Waals surface area contributed by atoms with E-state index in [1.54, 1.807) is 17.0 Å². The first-order chi connectivity index (χ1) is 10.3. The molecule has 1 aliphatic rings. The van der Waals surface area contributed by atoms with Crippen molar-refractivity contribution in [2.24, 2.45) is 0 Å². The standard InChI is InChI=1S/C15H22N2O4S/c1-12-5-6-14(21-2)13(11-12)15(18)16-7-4-8-17(10-9-16)22(3,19)20/h5-6,11H,4,7-10H2,1-3H3. The Morgan fingerprint density at radius 1 is 1.18 bits per heavy atom. The van der Waals surface area contributed by atoms with Crippen molar-refractivity contribution in [2.45, 2.75) is 13.3 Å². The third kappa shape index (κ3) is 3.78.